The summed E-state index contributed by atoms with van der Waals surface area (Å²) in [5, 5.41) is 0.238. The predicted molar refractivity (Wildman–Crippen MR) is 90.5 cm³/mol. The minimum absolute atomic E-state index is 0.0553. The largest absolute Gasteiger partial charge is 0.299 e. The Hall–Kier alpha value is -1.75. The summed E-state index contributed by atoms with van der Waals surface area (Å²) in [4.78, 5) is 43.3. The maximum absolute atomic E-state index is 13.4. The lowest BCUT2D eigenvalue weighted by atomic mass is 9.44. The van der Waals surface area contributed by atoms with Crippen LogP contribution in [0, 0.1) is 23.2 Å². The quantitative estimate of drug-likeness (QED) is 0.625. The van der Waals surface area contributed by atoms with Crippen LogP contribution in [0.1, 0.15) is 26.7 Å². The number of ketones is 3. The summed E-state index contributed by atoms with van der Waals surface area (Å²) in [6, 6.07) is 5.53. The average Bonchev–Trinajstić information content (AvgIpc) is 2.55. The number of carbonyl (C=O) groups is 3. The molecule has 24 heavy (non-hydrogen) atoms. The number of hydrogen-bond donors (Lipinski definition) is 0. The highest BCUT2D eigenvalue weighted by atomic mass is 32.2. The van der Waals surface area contributed by atoms with Crippen LogP contribution >= 0.6 is 11.8 Å². The Bertz CT molecular complexity index is 772. The normalized spacial score (nSPS) is 37.3. The Morgan fingerprint density at radius 3 is 2.79 bits per heavy atom. The van der Waals surface area contributed by atoms with Gasteiger partial charge in [0.25, 0.3) is 0 Å². The topological polar surface area (TPSA) is 64.1 Å². The second-order valence-electron chi connectivity index (χ2n) is 7.12. The molecular formula is C19H19NO3S. The van der Waals surface area contributed by atoms with Crippen molar-refractivity contribution < 1.29 is 14.4 Å². The van der Waals surface area contributed by atoms with Crippen molar-refractivity contribution >= 4 is 29.1 Å². The van der Waals surface area contributed by atoms with E-state index in [4.69, 9.17) is 0 Å². The fourth-order valence-corrected chi connectivity index (χ4v) is 6.17. The van der Waals surface area contributed by atoms with E-state index in [9.17, 15) is 14.4 Å². The number of hydrogen-bond acceptors (Lipinski definition) is 5. The zero-order valence-electron chi connectivity index (χ0n) is 13.7. The van der Waals surface area contributed by atoms with E-state index < -0.39 is 16.6 Å². The van der Waals surface area contributed by atoms with Gasteiger partial charge in [-0.15, -0.1) is 0 Å². The van der Waals surface area contributed by atoms with E-state index in [1.165, 1.54) is 18.7 Å². The summed E-state index contributed by atoms with van der Waals surface area (Å²) in [5.74, 6) is -0.988. The molecule has 0 saturated heterocycles. The molecule has 1 aromatic rings. The number of nitrogens with zero attached hydrogens (tertiary/aromatic N) is 1. The summed E-state index contributed by atoms with van der Waals surface area (Å²) in [6.45, 7) is 3.47. The zero-order valence-corrected chi connectivity index (χ0v) is 14.5. The van der Waals surface area contributed by atoms with Crippen molar-refractivity contribution in [1.29, 1.82) is 0 Å². The lowest BCUT2D eigenvalue weighted by molar-refractivity contribution is -0.167. The molecule has 4 nitrogen and oxygen atoms in total. The molecule has 1 unspecified atom stereocenters. The van der Waals surface area contributed by atoms with Crippen molar-refractivity contribution in [3.8, 4) is 0 Å². The van der Waals surface area contributed by atoms with Gasteiger partial charge in [-0.1, -0.05) is 29.5 Å². The van der Waals surface area contributed by atoms with Crippen LogP contribution < -0.4 is 0 Å². The number of allylic oxidation sites excluding steroid dienone is 2. The van der Waals surface area contributed by atoms with Gasteiger partial charge in [-0.25, -0.2) is 4.98 Å². The maximum atomic E-state index is 13.4. The van der Waals surface area contributed by atoms with Crippen LogP contribution in [0.2, 0.25) is 0 Å². The molecule has 1 aromatic heterocycles. The van der Waals surface area contributed by atoms with E-state index >= 15 is 0 Å². The van der Waals surface area contributed by atoms with Crippen LogP contribution in [0.5, 0.6) is 0 Å². The number of Topliss-reactive ketones (excluding diaryl/α,β-unsaturated/α-hetero) is 3. The summed E-state index contributed by atoms with van der Waals surface area (Å²) in [6.07, 6.45) is 4.88. The number of pyridine rings is 1. The van der Waals surface area contributed by atoms with Crippen LogP contribution in [0.25, 0.3) is 0 Å². The lowest BCUT2D eigenvalue weighted by Gasteiger charge is -2.57. The third-order valence-corrected chi connectivity index (χ3v) is 7.14. The van der Waals surface area contributed by atoms with Gasteiger partial charge in [0, 0.05) is 18.0 Å². The molecule has 0 N–H and O–H groups in total. The SMILES string of the molecule is CC(=O)[C@@]12C(=O)C(Sc3ccccn3)[C@H]3C[C@@H]1C=C(C)C[C@@H]2C3=O. The second-order valence-corrected chi connectivity index (χ2v) is 8.28. The lowest BCUT2D eigenvalue weighted by Crippen LogP contribution is -2.68. The predicted octanol–water partition coefficient (Wildman–Crippen LogP) is 2.87. The van der Waals surface area contributed by atoms with Gasteiger partial charge in [-0.3, -0.25) is 14.4 Å². The minimum atomic E-state index is -1.14. The molecule has 0 aromatic carbocycles. The van der Waals surface area contributed by atoms with Crippen molar-refractivity contribution in [3.63, 3.8) is 0 Å². The first-order valence-electron chi connectivity index (χ1n) is 8.30. The first-order valence-corrected chi connectivity index (χ1v) is 9.18. The van der Waals surface area contributed by atoms with Crippen LogP contribution in [0.4, 0.5) is 0 Å². The fourth-order valence-electron chi connectivity index (χ4n) is 4.92. The van der Waals surface area contributed by atoms with Crippen molar-refractivity contribution in [2.75, 3.05) is 0 Å². The van der Waals surface area contributed by atoms with E-state index in [0.29, 0.717) is 12.8 Å². The third kappa shape index (κ3) is 1.94. The van der Waals surface area contributed by atoms with E-state index in [0.717, 1.165) is 10.6 Å². The van der Waals surface area contributed by atoms with Crippen LogP contribution in [-0.2, 0) is 14.4 Å². The first-order chi connectivity index (χ1) is 11.5. The maximum Gasteiger partial charge on any atom is 0.161 e. The molecule has 5 heteroatoms. The number of rotatable bonds is 3. The van der Waals surface area contributed by atoms with Crippen molar-refractivity contribution in [2.24, 2.45) is 23.2 Å². The van der Waals surface area contributed by atoms with Gasteiger partial charge in [0.2, 0.25) is 0 Å². The Kier molecular flexibility index (Phi) is 3.53. The van der Waals surface area contributed by atoms with E-state index in [-0.39, 0.29) is 29.2 Å². The molecule has 4 aliphatic rings. The van der Waals surface area contributed by atoms with E-state index in [1.807, 2.05) is 25.1 Å². The smallest absolute Gasteiger partial charge is 0.161 e. The number of aromatic nitrogens is 1. The molecule has 3 fully saturated rings. The Morgan fingerprint density at radius 1 is 1.33 bits per heavy atom. The molecule has 5 rings (SSSR count). The molecule has 0 spiro atoms. The average molecular weight is 341 g/mol. The summed E-state index contributed by atoms with van der Waals surface area (Å²) >= 11 is 1.34. The molecular weight excluding hydrogens is 322 g/mol. The highest BCUT2D eigenvalue weighted by Crippen LogP contribution is 2.61. The Morgan fingerprint density at radius 2 is 2.12 bits per heavy atom. The fraction of sp³-hybridized carbons (Fsp3) is 0.474. The second kappa shape index (κ2) is 5.38. The first kappa shape index (κ1) is 15.8. The standard InChI is InChI=1S/C19H19NO3S/c1-10-7-12-9-13-16(22)14(8-10)19(12,11(2)21)18(23)17(13)24-15-5-3-4-6-20-15/h3-7,12-14,17H,8-9H2,1-2H3/t12-,13-,14+,17?,19+/m0/s1. The van der Waals surface area contributed by atoms with Crippen LogP contribution in [0.3, 0.4) is 0 Å². The molecule has 1 heterocycles. The molecule has 0 aliphatic heterocycles. The number of carbonyl (C=O) groups excluding carboxylic acids is 3. The summed E-state index contributed by atoms with van der Waals surface area (Å²) in [5.41, 5.74) is -0.0186. The minimum Gasteiger partial charge on any atom is -0.299 e. The van der Waals surface area contributed by atoms with E-state index in [2.05, 4.69) is 11.1 Å². The Balaban J connectivity index is 1.79. The summed E-state index contributed by atoms with van der Waals surface area (Å²) < 4.78 is 0. The molecule has 124 valence electrons. The zero-order chi connectivity index (χ0) is 17.1. The Labute approximate surface area is 145 Å². The van der Waals surface area contributed by atoms with Crippen LogP contribution in [-0.4, -0.2) is 27.6 Å². The number of fused-ring (bicyclic) bond motifs is 1. The van der Waals surface area contributed by atoms with Gasteiger partial charge in [-0.2, -0.15) is 0 Å². The third-order valence-electron chi connectivity index (χ3n) is 5.86. The van der Waals surface area contributed by atoms with Gasteiger partial charge < -0.3 is 0 Å². The van der Waals surface area contributed by atoms with Crippen molar-refractivity contribution in [3.05, 3.63) is 36.0 Å². The molecule has 3 saturated carbocycles. The molecule has 5 atom stereocenters. The van der Waals surface area contributed by atoms with Crippen LogP contribution in [0.15, 0.2) is 41.1 Å². The highest BCUT2D eigenvalue weighted by molar-refractivity contribution is 8.00. The highest BCUT2D eigenvalue weighted by Gasteiger charge is 2.69. The van der Waals surface area contributed by atoms with Gasteiger partial charge in [0.1, 0.15) is 17.0 Å². The van der Waals surface area contributed by atoms with E-state index in [1.54, 1.807) is 6.20 Å². The van der Waals surface area contributed by atoms with Gasteiger partial charge >= 0.3 is 0 Å². The molecule has 4 bridgehead atoms. The molecule has 4 aliphatic carbocycles. The van der Waals surface area contributed by atoms with Crippen molar-refractivity contribution in [1.82, 2.24) is 4.98 Å². The van der Waals surface area contributed by atoms with Gasteiger partial charge in [0.05, 0.1) is 10.3 Å². The van der Waals surface area contributed by atoms with Crippen molar-refractivity contribution in [2.45, 2.75) is 37.0 Å². The molecule has 0 amide bonds. The monoisotopic (exact) mass is 341 g/mol. The van der Waals surface area contributed by atoms with Gasteiger partial charge in [0.15, 0.2) is 5.78 Å². The molecule has 0 radical (unpaired) electrons. The van der Waals surface area contributed by atoms with Gasteiger partial charge in [-0.05, 0) is 44.7 Å². The number of thioether (sulfide) groups is 1. The summed E-state index contributed by atoms with van der Waals surface area (Å²) in [7, 11) is 0.